The van der Waals surface area contributed by atoms with Gasteiger partial charge in [0.15, 0.2) is 16.3 Å². The van der Waals surface area contributed by atoms with Crippen molar-refractivity contribution in [1.29, 1.82) is 0 Å². The summed E-state index contributed by atoms with van der Waals surface area (Å²) in [5.74, 6) is 0.0669. The summed E-state index contributed by atoms with van der Waals surface area (Å²) in [5.41, 5.74) is 2.44. The lowest BCUT2D eigenvalue weighted by Crippen LogP contribution is -2.41. The Morgan fingerprint density at radius 2 is 1.93 bits per heavy atom. The summed E-state index contributed by atoms with van der Waals surface area (Å²) >= 11 is 4.74. The third-order valence-electron chi connectivity index (χ3n) is 6.83. The number of methoxy groups -OCH3 is 1. The fourth-order valence-electron chi connectivity index (χ4n) is 5.13. The maximum atomic E-state index is 14.3. The molecule has 2 aliphatic heterocycles. The Morgan fingerprint density at radius 1 is 1.17 bits per heavy atom. The minimum atomic E-state index is -0.907. The van der Waals surface area contributed by atoms with E-state index in [9.17, 15) is 14.4 Å². The van der Waals surface area contributed by atoms with Crippen LogP contribution in [0.4, 0.5) is 5.69 Å². The minimum absolute atomic E-state index is 0.148. The number of nitrogens with zero attached hydrogens (tertiary/aromatic N) is 3. The average Bonchev–Trinajstić information content (AvgIpc) is 3.41. The summed E-state index contributed by atoms with van der Waals surface area (Å²) in [5, 5.41) is 0. The number of carbonyl (C=O) groups is 2. The number of thiazole rings is 1. The molecule has 1 amide bonds. The number of ether oxygens (including phenoxy) is 3. The first kappa shape index (κ1) is 28.6. The first-order valence-corrected chi connectivity index (χ1v) is 14.6. The molecule has 11 heteroatoms. The summed E-state index contributed by atoms with van der Waals surface area (Å²) in [4.78, 5) is 48.0. The number of hydrogen-bond donors (Lipinski definition) is 0. The van der Waals surface area contributed by atoms with Gasteiger partial charge in [-0.3, -0.25) is 14.2 Å². The number of anilines is 1. The van der Waals surface area contributed by atoms with Crippen molar-refractivity contribution < 1.29 is 23.8 Å². The monoisotopic (exact) mass is 637 g/mol. The van der Waals surface area contributed by atoms with Crippen LogP contribution in [0.5, 0.6) is 11.5 Å². The number of benzene rings is 2. The number of allylic oxidation sites excluding steroid dienone is 1. The molecule has 9 nitrogen and oxygen atoms in total. The molecule has 0 fully saturated rings. The van der Waals surface area contributed by atoms with Gasteiger partial charge in [-0.25, -0.2) is 9.79 Å². The van der Waals surface area contributed by atoms with E-state index in [2.05, 4.69) is 27.5 Å². The molecule has 0 saturated carbocycles. The highest BCUT2D eigenvalue weighted by atomic mass is 79.9. The second kappa shape index (κ2) is 11.5. The molecule has 0 N–H and O–H groups in total. The predicted molar refractivity (Wildman–Crippen MR) is 160 cm³/mol. The number of hydrogen-bond acceptors (Lipinski definition) is 8. The Balaban J connectivity index is 1.84. The van der Waals surface area contributed by atoms with E-state index in [1.54, 1.807) is 37.0 Å². The first-order chi connectivity index (χ1) is 19.8. The lowest BCUT2D eigenvalue weighted by molar-refractivity contribution is -0.139. The second-order valence-electron chi connectivity index (χ2n) is 9.18. The first-order valence-electron chi connectivity index (χ1n) is 13.0. The number of fused-ring (bicyclic) bond motifs is 2. The molecular weight excluding hydrogens is 610 g/mol. The molecule has 5 rings (SSSR count). The summed E-state index contributed by atoms with van der Waals surface area (Å²) in [6, 6.07) is 9.92. The van der Waals surface area contributed by atoms with Crippen molar-refractivity contribution in [2.75, 3.05) is 31.8 Å². The SMILES string of the molecule is C=CCN1C(=O)/C(=c2/sc3n(c2=O)[C@H](c2cc(OCC)c(OC)cc2Br)C(C(=O)OCC)=C(C)N=3)c2ccccc21. The number of para-hydroxylation sites is 1. The molecular formula is C30H28BrN3O6S. The number of carbonyl (C=O) groups excluding carboxylic acids is 2. The molecule has 0 bridgehead atoms. The highest BCUT2D eigenvalue weighted by Gasteiger charge is 2.38. The molecule has 0 aliphatic carbocycles. The van der Waals surface area contributed by atoms with Crippen molar-refractivity contribution in [2.24, 2.45) is 4.99 Å². The van der Waals surface area contributed by atoms with E-state index < -0.39 is 17.6 Å². The van der Waals surface area contributed by atoms with Gasteiger partial charge in [-0.15, -0.1) is 6.58 Å². The van der Waals surface area contributed by atoms with Crippen molar-refractivity contribution in [3.63, 3.8) is 0 Å². The van der Waals surface area contributed by atoms with Crippen LogP contribution < -0.4 is 29.3 Å². The van der Waals surface area contributed by atoms with Crippen LogP contribution in [0, 0.1) is 0 Å². The quantitative estimate of drug-likeness (QED) is 0.275. The Hall–Kier alpha value is -3.96. The van der Waals surface area contributed by atoms with E-state index in [1.165, 1.54) is 11.7 Å². The van der Waals surface area contributed by atoms with E-state index in [-0.39, 0.29) is 22.6 Å². The number of halogens is 1. The van der Waals surface area contributed by atoms with Crippen LogP contribution in [-0.2, 0) is 14.3 Å². The van der Waals surface area contributed by atoms with E-state index in [4.69, 9.17) is 14.2 Å². The van der Waals surface area contributed by atoms with Crippen LogP contribution in [0.2, 0.25) is 0 Å². The van der Waals surface area contributed by atoms with Gasteiger partial charge < -0.3 is 19.1 Å². The lowest BCUT2D eigenvalue weighted by Gasteiger charge is -2.26. The molecule has 0 radical (unpaired) electrons. The Labute approximate surface area is 248 Å². The number of esters is 1. The summed E-state index contributed by atoms with van der Waals surface area (Å²) < 4.78 is 19.0. The number of rotatable bonds is 8. The summed E-state index contributed by atoms with van der Waals surface area (Å²) in [6.45, 7) is 9.88. The van der Waals surface area contributed by atoms with E-state index >= 15 is 0 Å². The minimum Gasteiger partial charge on any atom is -0.493 e. The maximum absolute atomic E-state index is 14.3. The zero-order valence-corrected chi connectivity index (χ0v) is 25.4. The highest BCUT2D eigenvalue weighted by molar-refractivity contribution is 9.10. The Morgan fingerprint density at radius 3 is 2.61 bits per heavy atom. The van der Waals surface area contributed by atoms with Crippen molar-refractivity contribution in [3.05, 3.63) is 95.6 Å². The fourth-order valence-corrected chi connectivity index (χ4v) is 6.81. The van der Waals surface area contributed by atoms with Gasteiger partial charge in [0.25, 0.3) is 11.5 Å². The van der Waals surface area contributed by atoms with Gasteiger partial charge in [0.05, 0.1) is 48.9 Å². The van der Waals surface area contributed by atoms with Crippen LogP contribution in [0.15, 0.2) is 74.6 Å². The molecule has 3 heterocycles. The molecule has 2 aliphatic rings. The zero-order chi connectivity index (χ0) is 29.4. The van der Waals surface area contributed by atoms with Crippen LogP contribution >= 0.6 is 27.3 Å². The number of amides is 1. The molecule has 212 valence electrons. The third-order valence-corrected chi connectivity index (χ3v) is 8.57. The van der Waals surface area contributed by atoms with Crippen LogP contribution in [0.3, 0.4) is 0 Å². The zero-order valence-electron chi connectivity index (χ0n) is 23.0. The van der Waals surface area contributed by atoms with Crippen LogP contribution in [0.1, 0.15) is 37.9 Å². The molecule has 0 saturated heterocycles. The van der Waals surface area contributed by atoms with Crippen LogP contribution in [0.25, 0.3) is 5.57 Å². The van der Waals surface area contributed by atoms with E-state index in [0.29, 0.717) is 62.0 Å². The molecule has 2 aromatic carbocycles. The van der Waals surface area contributed by atoms with Crippen molar-refractivity contribution in [1.82, 2.24) is 4.57 Å². The van der Waals surface area contributed by atoms with Gasteiger partial charge in [-0.05, 0) is 44.5 Å². The van der Waals surface area contributed by atoms with Crippen molar-refractivity contribution in [3.8, 4) is 11.5 Å². The highest BCUT2D eigenvalue weighted by Crippen LogP contribution is 2.41. The molecule has 0 spiro atoms. The average molecular weight is 639 g/mol. The smallest absolute Gasteiger partial charge is 0.338 e. The topological polar surface area (TPSA) is 99.4 Å². The van der Waals surface area contributed by atoms with E-state index in [1.807, 2.05) is 31.2 Å². The lowest BCUT2D eigenvalue weighted by atomic mass is 9.95. The van der Waals surface area contributed by atoms with Gasteiger partial charge >= 0.3 is 5.97 Å². The largest absolute Gasteiger partial charge is 0.493 e. The summed E-state index contributed by atoms with van der Waals surface area (Å²) in [6.07, 6.45) is 1.64. The normalized spacial score (nSPS) is 17.1. The van der Waals surface area contributed by atoms with Crippen molar-refractivity contribution >= 4 is 50.4 Å². The molecule has 0 unspecified atom stereocenters. The van der Waals surface area contributed by atoms with Gasteiger partial charge in [-0.2, -0.15) is 0 Å². The standard InChI is InChI=1S/C30H28BrN3O6S/c1-6-13-33-20-12-10-9-11-17(20)24(27(33)35)26-28(36)34-25(18-14-22(39-7-2)21(38-5)15-19(18)31)23(29(37)40-8-3)16(4)32-30(34)41-26/h6,9-12,14-15,25H,1,7-8,13H2,2-5H3/b26-24+/t25-/m1/s1. The van der Waals surface area contributed by atoms with Gasteiger partial charge in [0, 0.05) is 16.6 Å². The molecule has 1 atom stereocenters. The summed E-state index contributed by atoms with van der Waals surface area (Å²) in [7, 11) is 1.54. The predicted octanol–water partition coefficient (Wildman–Crippen LogP) is 3.87. The van der Waals surface area contributed by atoms with Crippen molar-refractivity contribution in [2.45, 2.75) is 26.8 Å². The Bertz CT molecular complexity index is 1810. The Kier molecular flexibility index (Phi) is 8.01. The fraction of sp³-hybridized carbons (Fsp3) is 0.267. The molecule has 3 aromatic rings. The molecule has 1 aromatic heterocycles. The maximum Gasteiger partial charge on any atom is 0.338 e. The second-order valence-corrected chi connectivity index (χ2v) is 11.0. The van der Waals surface area contributed by atoms with Gasteiger partial charge in [0.1, 0.15) is 4.53 Å². The molecule has 41 heavy (non-hydrogen) atoms. The van der Waals surface area contributed by atoms with Crippen LogP contribution in [-0.4, -0.2) is 43.3 Å². The van der Waals surface area contributed by atoms with E-state index in [0.717, 1.165) is 11.3 Å². The van der Waals surface area contributed by atoms with Gasteiger partial charge in [0.2, 0.25) is 0 Å². The van der Waals surface area contributed by atoms with Gasteiger partial charge in [-0.1, -0.05) is 51.5 Å². The number of aromatic nitrogens is 1. The third kappa shape index (κ3) is 4.72.